The predicted octanol–water partition coefficient (Wildman–Crippen LogP) is 5.66. The molecule has 9 heteroatoms. The van der Waals surface area contributed by atoms with Gasteiger partial charge in [0.15, 0.2) is 5.13 Å². The van der Waals surface area contributed by atoms with Crippen LogP contribution in [0.4, 0.5) is 5.13 Å². The van der Waals surface area contributed by atoms with Gasteiger partial charge in [0.05, 0.1) is 26.7 Å². The molecule has 2 heterocycles. The molecule has 0 aliphatic rings. The maximum Gasteiger partial charge on any atom is 0.262 e. The average molecular weight is 458 g/mol. The lowest BCUT2D eigenvalue weighted by molar-refractivity contribution is 0.0986. The Morgan fingerprint density at radius 3 is 2.61 bits per heavy atom. The Hall–Kier alpha value is -1.38. The average Bonchev–Trinajstić information content (AvgIpc) is 3.20. The van der Waals surface area contributed by atoms with Crippen LogP contribution >= 0.6 is 45.9 Å². The van der Waals surface area contributed by atoms with Crippen molar-refractivity contribution in [3.63, 3.8) is 0 Å². The van der Waals surface area contributed by atoms with Crippen LogP contribution in [0, 0.1) is 0 Å². The number of rotatable bonds is 8. The maximum absolute atomic E-state index is 13.2. The molecule has 5 nitrogen and oxygen atoms in total. The van der Waals surface area contributed by atoms with E-state index in [1.54, 1.807) is 11.0 Å². The Labute approximate surface area is 182 Å². The molecule has 1 aromatic carbocycles. The van der Waals surface area contributed by atoms with Gasteiger partial charge in [-0.15, -0.1) is 11.3 Å². The predicted molar refractivity (Wildman–Crippen MR) is 120 cm³/mol. The summed E-state index contributed by atoms with van der Waals surface area (Å²) in [6.45, 7) is 3.95. The van der Waals surface area contributed by atoms with E-state index >= 15 is 0 Å². The number of ether oxygens (including phenoxy) is 1. The molecule has 3 aromatic rings. The van der Waals surface area contributed by atoms with Crippen molar-refractivity contribution in [3.8, 4) is 5.75 Å². The van der Waals surface area contributed by atoms with Crippen LogP contribution in [-0.4, -0.2) is 49.6 Å². The van der Waals surface area contributed by atoms with Crippen molar-refractivity contribution < 1.29 is 9.53 Å². The minimum absolute atomic E-state index is 0.184. The molecule has 0 spiro atoms. The molecule has 0 atom stereocenters. The molecule has 0 radical (unpaired) electrons. The van der Waals surface area contributed by atoms with Gasteiger partial charge in [0, 0.05) is 6.54 Å². The molecule has 1 amide bonds. The third-order valence-electron chi connectivity index (χ3n) is 4.01. The molecule has 0 fully saturated rings. The molecule has 2 aromatic heterocycles. The smallest absolute Gasteiger partial charge is 0.262 e. The highest BCUT2D eigenvalue weighted by Crippen LogP contribution is 2.36. The number of carbonyl (C=O) groups is 1. The first-order chi connectivity index (χ1) is 13.4. The number of anilines is 1. The number of aromatic nitrogens is 1. The summed E-state index contributed by atoms with van der Waals surface area (Å²) >= 11 is 14.9. The molecule has 0 N–H and O–H groups in total. The monoisotopic (exact) mass is 457 g/mol. The van der Waals surface area contributed by atoms with Crippen molar-refractivity contribution in [1.29, 1.82) is 0 Å². The quantitative estimate of drug-likeness (QED) is 0.437. The first-order valence-corrected chi connectivity index (χ1v) is 11.2. The number of thiazole rings is 1. The Morgan fingerprint density at radius 1 is 1.18 bits per heavy atom. The Balaban J connectivity index is 1.94. The minimum Gasteiger partial charge on any atom is -0.494 e. The largest absolute Gasteiger partial charge is 0.494 e. The van der Waals surface area contributed by atoms with Crippen LogP contribution in [-0.2, 0) is 0 Å². The van der Waals surface area contributed by atoms with Gasteiger partial charge >= 0.3 is 0 Å². The van der Waals surface area contributed by atoms with Crippen LogP contribution in [0.2, 0.25) is 8.67 Å². The number of hydrogen-bond donors (Lipinski definition) is 0. The summed E-state index contributed by atoms with van der Waals surface area (Å²) in [5.74, 6) is 0.610. The standard InChI is InChI=1S/C19H21Cl2N3O2S2/c1-4-26-12-6-7-14-15(10-12)27-19(22-14)24(9-5-8-23(2)3)18(25)13-11-16(20)28-17(13)21/h6-7,10-11H,4-5,8-9H2,1-3H3. The van der Waals surface area contributed by atoms with E-state index in [2.05, 4.69) is 9.88 Å². The minimum atomic E-state index is -0.184. The topological polar surface area (TPSA) is 45.7 Å². The van der Waals surface area contributed by atoms with Crippen LogP contribution in [0.3, 0.4) is 0 Å². The highest BCUT2D eigenvalue weighted by molar-refractivity contribution is 7.22. The van der Waals surface area contributed by atoms with Crippen LogP contribution < -0.4 is 9.64 Å². The molecule has 150 valence electrons. The Morgan fingerprint density at radius 2 is 1.96 bits per heavy atom. The van der Waals surface area contributed by atoms with Crippen molar-refractivity contribution in [2.24, 2.45) is 0 Å². The Bertz CT molecular complexity index is 971. The zero-order valence-corrected chi connectivity index (χ0v) is 19.0. The van der Waals surface area contributed by atoms with Gasteiger partial charge in [-0.3, -0.25) is 9.69 Å². The normalized spacial score (nSPS) is 11.4. The fourth-order valence-electron chi connectivity index (χ4n) is 2.73. The van der Waals surface area contributed by atoms with Crippen LogP contribution in [0.25, 0.3) is 10.2 Å². The maximum atomic E-state index is 13.2. The number of halogens is 2. The molecule has 0 aliphatic heterocycles. The zero-order valence-electron chi connectivity index (χ0n) is 15.9. The van der Waals surface area contributed by atoms with E-state index in [9.17, 15) is 4.79 Å². The van der Waals surface area contributed by atoms with Crippen LogP contribution in [0.5, 0.6) is 5.75 Å². The highest BCUT2D eigenvalue weighted by atomic mass is 35.5. The summed E-state index contributed by atoms with van der Waals surface area (Å²) in [6.07, 6.45) is 0.814. The summed E-state index contributed by atoms with van der Waals surface area (Å²) in [7, 11) is 4.02. The molecule has 0 bridgehead atoms. The first kappa shape index (κ1) is 21.3. The van der Waals surface area contributed by atoms with E-state index in [1.165, 1.54) is 22.7 Å². The van der Waals surface area contributed by atoms with Crippen molar-refractivity contribution in [2.45, 2.75) is 13.3 Å². The fraction of sp³-hybridized carbons (Fsp3) is 0.368. The second-order valence-corrected chi connectivity index (χ2v) is 9.71. The van der Waals surface area contributed by atoms with E-state index in [0.29, 0.717) is 32.5 Å². The van der Waals surface area contributed by atoms with E-state index in [-0.39, 0.29) is 5.91 Å². The second kappa shape index (κ2) is 9.41. The number of nitrogens with zero attached hydrogens (tertiary/aromatic N) is 3. The Kier molecular flexibility index (Phi) is 7.17. The van der Waals surface area contributed by atoms with Gasteiger partial charge in [0.1, 0.15) is 10.1 Å². The van der Waals surface area contributed by atoms with Crippen LogP contribution in [0.15, 0.2) is 24.3 Å². The number of fused-ring (bicyclic) bond motifs is 1. The summed E-state index contributed by atoms with van der Waals surface area (Å²) in [4.78, 5) is 21.7. The lowest BCUT2D eigenvalue weighted by atomic mass is 10.3. The van der Waals surface area contributed by atoms with Crippen molar-refractivity contribution in [1.82, 2.24) is 9.88 Å². The number of benzene rings is 1. The van der Waals surface area contributed by atoms with Gasteiger partial charge in [-0.25, -0.2) is 4.98 Å². The van der Waals surface area contributed by atoms with E-state index < -0.39 is 0 Å². The SMILES string of the molecule is CCOc1ccc2nc(N(CCCN(C)C)C(=O)c3cc(Cl)sc3Cl)sc2c1. The molecule has 28 heavy (non-hydrogen) atoms. The van der Waals surface area contributed by atoms with Gasteiger partial charge in [-0.05, 0) is 58.3 Å². The van der Waals surface area contributed by atoms with Gasteiger partial charge in [0.25, 0.3) is 5.91 Å². The number of hydrogen-bond acceptors (Lipinski definition) is 6. The molecule has 3 rings (SSSR count). The summed E-state index contributed by atoms with van der Waals surface area (Å²) in [5, 5.41) is 0.644. The lowest BCUT2D eigenvalue weighted by Crippen LogP contribution is -2.33. The third-order valence-corrected chi connectivity index (χ3v) is 6.54. The number of amides is 1. The highest BCUT2D eigenvalue weighted by Gasteiger charge is 2.24. The van der Waals surface area contributed by atoms with Gasteiger partial charge in [-0.2, -0.15) is 0 Å². The van der Waals surface area contributed by atoms with Crippen molar-refractivity contribution in [3.05, 3.63) is 38.5 Å². The fourth-order valence-corrected chi connectivity index (χ4v) is 5.19. The summed E-state index contributed by atoms with van der Waals surface area (Å²) < 4.78 is 7.43. The molecule has 0 unspecified atom stereocenters. The van der Waals surface area contributed by atoms with Crippen molar-refractivity contribution >= 4 is 67.1 Å². The summed E-state index contributed by atoms with van der Waals surface area (Å²) in [6, 6.07) is 7.38. The van der Waals surface area contributed by atoms with Gasteiger partial charge in [-0.1, -0.05) is 34.5 Å². The van der Waals surface area contributed by atoms with Gasteiger partial charge in [0.2, 0.25) is 0 Å². The third kappa shape index (κ3) is 4.96. The zero-order chi connectivity index (χ0) is 20.3. The van der Waals surface area contributed by atoms with Crippen molar-refractivity contribution in [2.75, 3.05) is 38.7 Å². The van der Waals surface area contributed by atoms with E-state index in [4.69, 9.17) is 27.9 Å². The molecule has 0 saturated heterocycles. The van der Waals surface area contributed by atoms with E-state index in [1.807, 2.05) is 39.2 Å². The number of thiophene rings is 1. The molecular weight excluding hydrogens is 437 g/mol. The van der Waals surface area contributed by atoms with Gasteiger partial charge < -0.3 is 9.64 Å². The van der Waals surface area contributed by atoms with Crippen LogP contribution in [0.1, 0.15) is 23.7 Å². The summed E-state index contributed by atoms with van der Waals surface area (Å²) in [5.41, 5.74) is 1.25. The van der Waals surface area contributed by atoms with E-state index in [0.717, 1.165) is 28.9 Å². The lowest BCUT2D eigenvalue weighted by Gasteiger charge is -2.20. The second-order valence-electron chi connectivity index (χ2n) is 6.41. The first-order valence-electron chi connectivity index (χ1n) is 8.84. The molecular formula is C19H21Cl2N3O2S2. The molecule has 0 saturated carbocycles. The molecule has 0 aliphatic carbocycles. The number of carbonyl (C=O) groups excluding carboxylic acids is 1.